The normalized spacial score (nSPS) is 10.4. The molecular weight excluding hydrogens is 209 g/mol. The van der Waals surface area contributed by atoms with Crippen molar-refractivity contribution in [2.75, 3.05) is 0 Å². The predicted molar refractivity (Wildman–Crippen MR) is 58.7 cm³/mol. The summed E-state index contributed by atoms with van der Waals surface area (Å²) in [5.41, 5.74) is 0.663. The number of pyridine rings is 1. The van der Waals surface area contributed by atoms with Gasteiger partial charge in [0, 0.05) is 12.3 Å². The van der Waals surface area contributed by atoms with Crippen molar-refractivity contribution < 1.29 is 10.0 Å². The van der Waals surface area contributed by atoms with Gasteiger partial charge in [0.2, 0.25) is 5.56 Å². The quantitative estimate of drug-likeness (QED) is 0.539. The van der Waals surface area contributed by atoms with E-state index in [0.29, 0.717) is 5.82 Å². The second-order valence-corrected chi connectivity index (χ2v) is 3.50. The molecule has 0 aromatic carbocycles. The van der Waals surface area contributed by atoms with Crippen molar-refractivity contribution in [3.05, 3.63) is 40.4 Å². The minimum atomic E-state index is -1.67. The molecule has 0 atom stereocenters. The van der Waals surface area contributed by atoms with Gasteiger partial charge < -0.3 is 15.0 Å². The highest BCUT2D eigenvalue weighted by Crippen LogP contribution is 2.01. The molecule has 0 aliphatic heterocycles. The fraction of sp³-hybridized carbons (Fsp3) is 0.111. The SMILES string of the molecule is Cc1cnn(-c2cc(B(O)O)cc(=O)[nH]2)c1. The van der Waals surface area contributed by atoms with E-state index in [1.807, 2.05) is 6.92 Å². The van der Waals surface area contributed by atoms with Gasteiger partial charge in [-0.25, -0.2) is 4.68 Å². The highest BCUT2D eigenvalue weighted by atomic mass is 16.4. The van der Waals surface area contributed by atoms with Crippen LogP contribution in [0.15, 0.2) is 29.3 Å². The van der Waals surface area contributed by atoms with Crippen LogP contribution in [-0.4, -0.2) is 31.9 Å². The molecule has 0 aliphatic rings. The average molecular weight is 219 g/mol. The predicted octanol–water partition coefficient (Wildman–Crippen LogP) is -1.45. The first-order valence-electron chi connectivity index (χ1n) is 4.68. The van der Waals surface area contributed by atoms with Gasteiger partial charge in [0.25, 0.3) is 0 Å². The standard InChI is InChI=1S/C9H10BN3O3/c1-6-4-11-13(5-6)8-2-7(10(15)16)3-9(14)12-8/h2-5,15-16H,1H3,(H,12,14). The van der Waals surface area contributed by atoms with Crippen LogP contribution in [0.25, 0.3) is 5.82 Å². The second kappa shape index (κ2) is 3.95. The molecule has 7 heteroatoms. The molecular formula is C9H10BN3O3. The first-order chi connectivity index (χ1) is 7.56. The average Bonchev–Trinajstić information content (AvgIpc) is 2.64. The van der Waals surface area contributed by atoms with Crippen LogP contribution in [0.3, 0.4) is 0 Å². The minimum Gasteiger partial charge on any atom is -0.423 e. The fourth-order valence-electron chi connectivity index (χ4n) is 1.37. The second-order valence-electron chi connectivity index (χ2n) is 3.50. The molecule has 0 bridgehead atoms. The number of aryl methyl sites for hydroxylation is 1. The van der Waals surface area contributed by atoms with Crippen LogP contribution >= 0.6 is 0 Å². The van der Waals surface area contributed by atoms with E-state index < -0.39 is 12.7 Å². The Labute approximate surface area is 91.3 Å². The van der Waals surface area contributed by atoms with Crippen LogP contribution < -0.4 is 11.0 Å². The highest BCUT2D eigenvalue weighted by Gasteiger charge is 2.13. The highest BCUT2D eigenvalue weighted by molar-refractivity contribution is 6.58. The van der Waals surface area contributed by atoms with E-state index in [0.717, 1.165) is 11.6 Å². The molecule has 0 aliphatic carbocycles. The minimum absolute atomic E-state index is 0.131. The number of H-pyrrole nitrogens is 1. The molecule has 16 heavy (non-hydrogen) atoms. The lowest BCUT2D eigenvalue weighted by Gasteiger charge is -2.03. The summed E-state index contributed by atoms with van der Waals surface area (Å²) in [5, 5.41) is 22.0. The maximum atomic E-state index is 11.3. The molecule has 2 aromatic heterocycles. The zero-order valence-corrected chi connectivity index (χ0v) is 8.58. The van der Waals surface area contributed by atoms with Gasteiger partial charge in [-0.3, -0.25) is 4.79 Å². The first kappa shape index (κ1) is 10.7. The number of nitrogens with one attached hydrogen (secondary N) is 1. The van der Waals surface area contributed by atoms with E-state index in [2.05, 4.69) is 10.1 Å². The summed E-state index contributed by atoms with van der Waals surface area (Å²) >= 11 is 0. The van der Waals surface area contributed by atoms with Gasteiger partial charge in [0.05, 0.1) is 6.20 Å². The van der Waals surface area contributed by atoms with Crippen LogP contribution in [0.1, 0.15) is 5.56 Å². The summed E-state index contributed by atoms with van der Waals surface area (Å²) in [6, 6.07) is 2.59. The number of aromatic amines is 1. The van der Waals surface area contributed by atoms with Gasteiger partial charge in [-0.2, -0.15) is 5.10 Å². The fourth-order valence-corrected chi connectivity index (χ4v) is 1.37. The molecule has 0 saturated carbocycles. The lowest BCUT2D eigenvalue weighted by molar-refractivity contribution is 0.425. The number of hydrogen-bond donors (Lipinski definition) is 3. The summed E-state index contributed by atoms with van der Waals surface area (Å²) in [4.78, 5) is 13.8. The first-order valence-corrected chi connectivity index (χ1v) is 4.68. The molecule has 2 heterocycles. The number of aromatic nitrogens is 3. The zero-order chi connectivity index (χ0) is 11.7. The molecule has 0 saturated heterocycles. The van der Waals surface area contributed by atoms with E-state index in [9.17, 15) is 4.79 Å². The van der Waals surface area contributed by atoms with Gasteiger partial charge >= 0.3 is 7.12 Å². The van der Waals surface area contributed by atoms with Crippen molar-refractivity contribution in [3.63, 3.8) is 0 Å². The topological polar surface area (TPSA) is 91.1 Å². The van der Waals surface area contributed by atoms with Crippen LogP contribution in [0.4, 0.5) is 0 Å². The van der Waals surface area contributed by atoms with Crippen molar-refractivity contribution in [3.8, 4) is 5.82 Å². The summed E-state index contributed by atoms with van der Waals surface area (Å²) in [7, 11) is -1.67. The maximum absolute atomic E-state index is 11.3. The number of hydrogen-bond acceptors (Lipinski definition) is 4. The van der Waals surface area contributed by atoms with Crippen molar-refractivity contribution >= 4 is 12.6 Å². The summed E-state index contributed by atoms with van der Waals surface area (Å²) < 4.78 is 1.46. The molecule has 0 amide bonds. The van der Waals surface area contributed by atoms with Crippen LogP contribution in [0.5, 0.6) is 0 Å². The molecule has 2 rings (SSSR count). The molecule has 2 aromatic rings. The van der Waals surface area contributed by atoms with Crippen molar-refractivity contribution in [2.24, 2.45) is 0 Å². The van der Waals surface area contributed by atoms with Crippen molar-refractivity contribution in [1.82, 2.24) is 14.8 Å². The Morgan fingerprint density at radius 1 is 1.44 bits per heavy atom. The largest absolute Gasteiger partial charge is 0.488 e. The Morgan fingerprint density at radius 3 is 2.75 bits per heavy atom. The lowest BCUT2D eigenvalue weighted by Crippen LogP contribution is -2.34. The van der Waals surface area contributed by atoms with Crippen LogP contribution in [0.2, 0.25) is 0 Å². The van der Waals surface area contributed by atoms with Crippen molar-refractivity contribution in [2.45, 2.75) is 6.92 Å². The molecule has 0 unspecified atom stereocenters. The van der Waals surface area contributed by atoms with Gasteiger partial charge in [0.15, 0.2) is 0 Å². The molecule has 3 N–H and O–H groups in total. The lowest BCUT2D eigenvalue weighted by atomic mass is 9.81. The van der Waals surface area contributed by atoms with Gasteiger partial charge in [-0.05, 0) is 24.0 Å². The molecule has 6 nitrogen and oxygen atoms in total. The van der Waals surface area contributed by atoms with Gasteiger partial charge in [-0.1, -0.05) is 0 Å². The Balaban J connectivity index is 2.53. The zero-order valence-electron chi connectivity index (χ0n) is 8.58. The smallest absolute Gasteiger partial charge is 0.423 e. The van der Waals surface area contributed by atoms with E-state index >= 15 is 0 Å². The summed E-state index contributed by atoms with van der Waals surface area (Å²) in [6.45, 7) is 1.87. The van der Waals surface area contributed by atoms with Gasteiger partial charge in [-0.15, -0.1) is 0 Å². The Kier molecular flexibility index (Phi) is 2.63. The van der Waals surface area contributed by atoms with E-state index in [-0.39, 0.29) is 5.46 Å². The van der Waals surface area contributed by atoms with Crippen LogP contribution in [0, 0.1) is 6.92 Å². The molecule has 0 fully saturated rings. The monoisotopic (exact) mass is 219 g/mol. The maximum Gasteiger partial charge on any atom is 0.488 e. The number of rotatable bonds is 2. The van der Waals surface area contributed by atoms with E-state index in [1.165, 1.54) is 10.7 Å². The Morgan fingerprint density at radius 2 is 2.19 bits per heavy atom. The van der Waals surface area contributed by atoms with Gasteiger partial charge in [0.1, 0.15) is 5.82 Å². The summed E-state index contributed by atoms with van der Waals surface area (Å²) in [5.74, 6) is 0.392. The van der Waals surface area contributed by atoms with E-state index in [4.69, 9.17) is 10.0 Å². The third kappa shape index (κ3) is 2.05. The van der Waals surface area contributed by atoms with Crippen molar-refractivity contribution in [1.29, 1.82) is 0 Å². The molecule has 0 spiro atoms. The third-order valence-corrected chi connectivity index (χ3v) is 2.11. The van der Waals surface area contributed by atoms with Crippen LogP contribution in [-0.2, 0) is 0 Å². The Bertz CT molecular complexity index is 561. The Hall–Kier alpha value is -1.86. The number of nitrogens with zero attached hydrogens (tertiary/aromatic N) is 2. The van der Waals surface area contributed by atoms with E-state index in [1.54, 1.807) is 12.4 Å². The summed E-state index contributed by atoms with van der Waals surface area (Å²) in [6.07, 6.45) is 3.36. The molecule has 0 radical (unpaired) electrons. The third-order valence-electron chi connectivity index (χ3n) is 2.11. The molecule has 82 valence electrons.